The van der Waals surface area contributed by atoms with Crippen LogP contribution >= 0.6 is 0 Å². The Labute approximate surface area is 186 Å². The Morgan fingerprint density at radius 1 is 0.871 bits per heavy atom. The predicted octanol–water partition coefficient (Wildman–Crippen LogP) is 5.97. The molecular weight excluding hydrogens is 388 g/mol. The Kier molecular flexibility index (Phi) is 9.22. The highest BCUT2D eigenvalue weighted by atomic mass is 16.4. The van der Waals surface area contributed by atoms with Gasteiger partial charge in [-0.05, 0) is 18.2 Å². The third kappa shape index (κ3) is 6.16. The number of rotatable bonds is 12. The summed E-state index contributed by atoms with van der Waals surface area (Å²) in [6.45, 7) is 9.38. The summed E-state index contributed by atoms with van der Waals surface area (Å²) in [5.41, 5.74) is 0.995. The number of aromatic carboxylic acids is 1. The van der Waals surface area contributed by atoms with Gasteiger partial charge in [0.05, 0.1) is 11.1 Å². The summed E-state index contributed by atoms with van der Waals surface area (Å²) in [5.74, 6) is -1.79. The largest absolute Gasteiger partial charge is 0.507 e. The maximum atomic E-state index is 13.0. The van der Waals surface area contributed by atoms with Crippen LogP contribution in [0.1, 0.15) is 65.8 Å². The first kappa shape index (κ1) is 24.6. The first-order valence-corrected chi connectivity index (χ1v) is 11.3. The third-order valence-electron chi connectivity index (χ3n) is 5.83. The smallest absolute Gasteiger partial charge is 0.336 e. The molecule has 0 bridgehead atoms. The third-order valence-corrected chi connectivity index (χ3v) is 5.83. The van der Waals surface area contributed by atoms with Crippen molar-refractivity contribution < 1.29 is 19.8 Å². The number of carbonyl (C=O) groups is 2. The normalized spacial score (nSPS) is 10.6. The minimum absolute atomic E-state index is 0.0704. The van der Waals surface area contributed by atoms with Crippen molar-refractivity contribution >= 4 is 31.1 Å². The molecule has 0 saturated heterocycles. The Balaban J connectivity index is 2.39. The molecule has 0 aliphatic heterocycles. The molecule has 0 atom stereocenters. The number of nitrogens with zero attached hydrogens (tertiary/aromatic N) is 1. The number of carboxylic acids is 1. The number of hydrogen-bond donors (Lipinski definition) is 2. The van der Waals surface area contributed by atoms with Gasteiger partial charge in [0, 0.05) is 17.3 Å². The molecule has 164 valence electrons. The maximum Gasteiger partial charge on any atom is 0.336 e. The molecule has 0 heterocycles. The monoisotopic (exact) mass is 421 g/mol. The van der Waals surface area contributed by atoms with Crippen LogP contribution in [0.2, 0.25) is 26.3 Å². The van der Waals surface area contributed by atoms with Crippen molar-refractivity contribution in [1.82, 2.24) is 0 Å². The van der Waals surface area contributed by atoms with Crippen molar-refractivity contribution in [1.29, 1.82) is 0 Å². The van der Waals surface area contributed by atoms with Crippen LogP contribution in [0.25, 0.3) is 0 Å². The number of hydrogen-bond acceptors (Lipinski definition) is 4. The zero-order chi connectivity index (χ0) is 23.0. The summed E-state index contributed by atoms with van der Waals surface area (Å²) in [7, 11) is 0. The van der Waals surface area contributed by atoms with Gasteiger partial charge in [0.2, 0.25) is 13.7 Å². The lowest BCUT2D eigenvalue weighted by Gasteiger charge is -2.35. The van der Waals surface area contributed by atoms with E-state index in [1.54, 1.807) is 24.3 Å². The van der Waals surface area contributed by atoms with E-state index >= 15 is 0 Å². The second kappa shape index (κ2) is 11.6. The zero-order valence-corrected chi connectivity index (χ0v) is 19.1. The minimum Gasteiger partial charge on any atom is -0.507 e. The van der Waals surface area contributed by atoms with Gasteiger partial charge in [0.15, 0.2) is 5.78 Å². The molecule has 0 radical (unpaired) electrons. The molecule has 0 aliphatic carbocycles. The van der Waals surface area contributed by atoms with E-state index < -0.39 is 11.8 Å². The predicted molar refractivity (Wildman–Crippen MR) is 130 cm³/mol. The minimum atomic E-state index is -1.17. The van der Waals surface area contributed by atoms with Crippen molar-refractivity contribution in [3.05, 3.63) is 59.2 Å². The molecule has 5 nitrogen and oxygen atoms in total. The molecule has 2 rings (SSSR count). The first-order chi connectivity index (χ1) is 14.8. The SMILES string of the molecule is CCCCB(C)N(B(C)CCCC)c1ccc(C(=O)c2ccccc2C(=O)O)c(O)c1. The van der Waals surface area contributed by atoms with Gasteiger partial charge in [-0.25, -0.2) is 4.79 Å². The molecule has 7 heteroatoms. The molecular formula is C24H33B2NO4. The van der Waals surface area contributed by atoms with Gasteiger partial charge < -0.3 is 14.9 Å². The van der Waals surface area contributed by atoms with E-state index in [1.165, 1.54) is 12.1 Å². The second-order valence-electron chi connectivity index (χ2n) is 8.27. The Morgan fingerprint density at radius 3 is 1.90 bits per heavy atom. The summed E-state index contributed by atoms with van der Waals surface area (Å²) in [5, 5.41) is 20.1. The Morgan fingerprint density at radius 2 is 1.42 bits per heavy atom. The molecule has 0 fully saturated rings. The van der Waals surface area contributed by atoms with Crippen molar-refractivity contribution in [2.75, 3.05) is 4.72 Å². The van der Waals surface area contributed by atoms with Crippen LogP contribution in [0.4, 0.5) is 5.69 Å². The van der Waals surface area contributed by atoms with Crippen molar-refractivity contribution in [3.63, 3.8) is 0 Å². The molecule has 0 aromatic heterocycles. The average molecular weight is 421 g/mol. The van der Waals surface area contributed by atoms with E-state index in [-0.39, 0.29) is 22.4 Å². The summed E-state index contributed by atoms with van der Waals surface area (Å²) in [6.07, 6.45) is 6.63. The van der Waals surface area contributed by atoms with Gasteiger partial charge >= 0.3 is 5.97 Å². The standard InChI is InChI=1S/C24H33B2NO4/c1-5-7-15-25(3)27(26(4)16-8-6-2)18-13-14-21(22(28)17-18)23(29)19-11-9-10-12-20(19)24(30)31/h9-14,17,28H,5-8,15-16H2,1-4H3,(H,30,31). The van der Waals surface area contributed by atoms with Crippen LogP contribution < -0.4 is 4.72 Å². The number of phenols is 1. The molecule has 0 unspecified atom stereocenters. The lowest BCUT2D eigenvalue weighted by Crippen LogP contribution is -2.46. The zero-order valence-electron chi connectivity index (χ0n) is 19.1. The molecule has 2 aromatic carbocycles. The number of anilines is 1. The Hall–Kier alpha value is -2.69. The van der Waals surface area contributed by atoms with Gasteiger partial charge in [-0.1, -0.05) is 84.0 Å². The molecule has 2 aromatic rings. The number of aromatic hydroxyl groups is 1. The fourth-order valence-corrected chi connectivity index (χ4v) is 4.11. The highest BCUT2D eigenvalue weighted by Gasteiger charge is 2.27. The molecule has 0 amide bonds. The van der Waals surface area contributed by atoms with Crippen LogP contribution in [0.3, 0.4) is 0 Å². The van der Waals surface area contributed by atoms with Crippen molar-refractivity contribution in [2.24, 2.45) is 0 Å². The van der Waals surface area contributed by atoms with Crippen LogP contribution in [0, 0.1) is 0 Å². The molecule has 31 heavy (non-hydrogen) atoms. The molecule has 0 saturated carbocycles. The Bertz CT molecular complexity index is 889. The highest BCUT2D eigenvalue weighted by Crippen LogP contribution is 2.30. The lowest BCUT2D eigenvalue weighted by molar-refractivity contribution is 0.0692. The van der Waals surface area contributed by atoms with E-state index in [2.05, 4.69) is 32.2 Å². The van der Waals surface area contributed by atoms with E-state index in [4.69, 9.17) is 0 Å². The van der Waals surface area contributed by atoms with Gasteiger partial charge in [-0.2, -0.15) is 0 Å². The van der Waals surface area contributed by atoms with Gasteiger partial charge in [0.1, 0.15) is 5.75 Å². The van der Waals surface area contributed by atoms with Crippen LogP contribution in [0.5, 0.6) is 5.75 Å². The van der Waals surface area contributed by atoms with Gasteiger partial charge in [0.25, 0.3) is 0 Å². The molecule has 0 aliphatic rings. The fourth-order valence-electron chi connectivity index (χ4n) is 4.11. The second-order valence-corrected chi connectivity index (χ2v) is 8.27. The summed E-state index contributed by atoms with van der Waals surface area (Å²) < 4.78 is 2.34. The average Bonchev–Trinajstić information content (AvgIpc) is 2.76. The lowest BCUT2D eigenvalue weighted by atomic mass is 9.45. The number of phenolic OH excluding ortho intramolecular Hbond substituents is 1. The number of carbonyl (C=O) groups excluding carboxylic acids is 1. The summed E-state index contributed by atoms with van der Waals surface area (Å²) in [6, 6.07) is 11.2. The number of benzene rings is 2. The van der Waals surface area contributed by atoms with Crippen molar-refractivity contribution in [2.45, 2.75) is 65.8 Å². The van der Waals surface area contributed by atoms with E-state index in [0.717, 1.165) is 44.0 Å². The number of carboxylic acid groups (broad SMARTS) is 1. The maximum absolute atomic E-state index is 13.0. The highest BCUT2D eigenvalue weighted by molar-refractivity contribution is 6.82. The quantitative estimate of drug-likeness (QED) is 0.326. The van der Waals surface area contributed by atoms with E-state index in [0.29, 0.717) is 13.7 Å². The summed E-state index contributed by atoms with van der Waals surface area (Å²) in [4.78, 5) is 24.5. The van der Waals surface area contributed by atoms with Crippen LogP contribution in [0.15, 0.2) is 42.5 Å². The number of unbranched alkanes of at least 4 members (excludes halogenated alkanes) is 2. The van der Waals surface area contributed by atoms with E-state index in [9.17, 15) is 19.8 Å². The van der Waals surface area contributed by atoms with Crippen LogP contribution in [-0.2, 0) is 0 Å². The number of ketones is 1. The first-order valence-electron chi connectivity index (χ1n) is 11.3. The van der Waals surface area contributed by atoms with Crippen LogP contribution in [-0.4, -0.2) is 35.7 Å². The van der Waals surface area contributed by atoms with Crippen molar-refractivity contribution in [3.8, 4) is 5.75 Å². The summed E-state index contributed by atoms with van der Waals surface area (Å²) >= 11 is 0. The molecule has 2 N–H and O–H groups in total. The van der Waals surface area contributed by atoms with Gasteiger partial charge in [-0.3, -0.25) is 4.79 Å². The molecule has 0 spiro atoms. The fraction of sp³-hybridized carbons (Fsp3) is 0.417. The van der Waals surface area contributed by atoms with E-state index in [1.807, 2.05) is 6.07 Å². The topological polar surface area (TPSA) is 77.8 Å². The van der Waals surface area contributed by atoms with Gasteiger partial charge in [-0.15, -0.1) is 0 Å².